The highest BCUT2D eigenvalue weighted by molar-refractivity contribution is 7.07. The van der Waals surface area contributed by atoms with Gasteiger partial charge in [0.25, 0.3) is 0 Å². The molecule has 1 aromatic heterocycles. The summed E-state index contributed by atoms with van der Waals surface area (Å²) in [4.78, 5) is 6.57. The first-order valence-electron chi connectivity index (χ1n) is 5.47. The van der Waals surface area contributed by atoms with E-state index in [1.54, 1.807) is 11.3 Å². The third-order valence-electron chi connectivity index (χ3n) is 2.62. The van der Waals surface area contributed by atoms with Gasteiger partial charge in [0, 0.05) is 25.0 Å². The van der Waals surface area contributed by atoms with Gasteiger partial charge in [-0.05, 0) is 13.8 Å². The van der Waals surface area contributed by atoms with Gasteiger partial charge in [-0.3, -0.25) is 4.90 Å². The lowest BCUT2D eigenvalue weighted by Crippen LogP contribution is -2.53. The van der Waals surface area contributed by atoms with Gasteiger partial charge < -0.3 is 9.84 Å². The number of aromatic nitrogens is 1. The predicted molar refractivity (Wildman–Crippen MR) is 63.4 cm³/mol. The Morgan fingerprint density at radius 3 is 3.12 bits per heavy atom. The first-order valence-corrected chi connectivity index (χ1v) is 6.41. The Hall–Kier alpha value is -0.490. The number of hydrogen-bond donors (Lipinski definition) is 1. The average molecular weight is 242 g/mol. The van der Waals surface area contributed by atoms with Crippen LogP contribution < -0.4 is 0 Å². The molecule has 0 saturated carbocycles. The maximum Gasteiger partial charge on any atom is 0.0940 e. The van der Waals surface area contributed by atoms with E-state index in [1.807, 2.05) is 5.51 Å². The zero-order valence-electron chi connectivity index (χ0n) is 9.72. The first-order chi connectivity index (χ1) is 7.59. The second kappa shape index (κ2) is 4.79. The smallest absolute Gasteiger partial charge is 0.0940 e. The van der Waals surface area contributed by atoms with Gasteiger partial charge in [0.2, 0.25) is 0 Å². The largest absolute Gasteiger partial charge is 0.394 e. The minimum Gasteiger partial charge on any atom is -0.394 e. The van der Waals surface area contributed by atoms with Crippen molar-refractivity contribution in [1.29, 1.82) is 0 Å². The number of nitrogens with zero attached hydrogens (tertiary/aromatic N) is 2. The standard InChI is InChI=1S/C11H18N2O2S/c1-11(2)7-13(4-10(5-14)15-11)3-9-6-16-8-12-9/h6,8,10,14H,3-5,7H2,1-2H3. The van der Waals surface area contributed by atoms with E-state index in [2.05, 4.69) is 29.1 Å². The number of aliphatic hydroxyl groups excluding tert-OH is 1. The van der Waals surface area contributed by atoms with Crippen LogP contribution in [0.25, 0.3) is 0 Å². The van der Waals surface area contributed by atoms with Crippen LogP contribution in [-0.4, -0.2) is 46.4 Å². The summed E-state index contributed by atoms with van der Waals surface area (Å²) in [7, 11) is 0. The Labute approximate surface area is 99.9 Å². The van der Waals surface area contributed by atoms with Crippen LogP contribution in [-0.2, 0) is 11.3 Å². The van der Waals surface area contributed by atoms with Crippen LogP contribution in [0.2, 0.25) is 0 Å². The van der Waals surface area contributed by atoms with E-state index in [9.17, 15) is 5.11 Å². The van der Waals surface area contributed by atoms with Crippen molar-refractivity contribution in [2.24, 2.45) is 0 Å². The third-order valence-corrected chi connectivity index (χ3v) is 3.26. The lowest BCUT2D eigenvalue weighted by atomic mass is 10.1. The maximum atomic E-state index is 9.20. The number of ether oxygens (including phenoxy) is 1. The van der Waals surface area contributed by atoms with Gasteiger partial charge >= 0.3 is 0 Å². The fourth-order valence-electron chi connectivity index (χ4n) is 2.18. The van der Waals surface area contributed by atoms with Crippen LogP contribution in [0.4, 0.5) is 0 Å². The molecule has 1 aromatic rings. The molecule has 0 amide bonds. The SMILES string of the molecule is CC1(C)CN(Cc2cscn2)CC(CO)O1. The molecule has 0 aliphatic carbocycles. The summed E-state index contributed by atoms with van der Waals surface area (Å²) in [5, 5.41) is 11.3. The minimum atomic E-state index is -0.193. The quantitative estimate of drug-likeness (QED) is 0.862. The number of aliphatic hydroxyl groups is 1. The summed E-state index contributed by atoms with van der Waals surface area (Å²) in [5.41, 5.74) is 2.76. The van der Waals surface area contributed by atoms with E-state index >= 15 is 0 Å². The highest BCUT2D eigenvalue weighted by atomic mass is 32.1. The number of thiazole rings is 1. The Morgan fingerprint density at radius 1 is 1.69 bits per heavy atom. The molecule has 2 rings (SSSR count). The van der Waals surface area contributed by atoms with Crippen molar-refractivity contribution >= 4 is 11.3 Å². The van der Waals surface area contributed by atoms with Gasteiger partial charge in [0.1, 0.15) is 0 Å². The van der Waals surface area contributed by atoms with Crippen molar-refractivity contribution < 1.29 is 9.84 Å². The van der Waals surface area contributed by atoms with Gasteiger partial charge in [-0.2, -0.15) is 0 Å². The molecule has 1 N–H and O–H groups in total. The Balaban J connectivity index is 1.99. The van der Waals surface area contributed by atoms with E-state index < -0.39 is 0 Å². The summed E-state index contributed by atoms with van der Waals surface area (Å²) in [6.07, 6.45) is -0.0811. The van der Waals surface area contributed by atoms with Gasteiger partial charge in [-0.25, -0.2) is 4.98 Å². The molecule has 1 unspecified atom stereocenters. The van der Waals surface area contributed by atoms with E-state index in [1.165, 1.54) is 0 Å². The molecule has 1 atom stereocenters. The molecule has 0 bridgehead atoms. The average Bonchev–Trinajstić information content (AvgIpc) is 2.67. The monoisotopic (exact) mass is 242 g/mol. The molecular weight excluding hydrogens is 224 g/mol. The highest BCUT2D eigenvalue weighted by Gasteiger charge is 2.32. The van der Waals surface area contributed by atoms with Crippen molar-refractivity contribution in [2.45, 2.75) is 32.1 Å². The summed E-state index contributed by atoms with van der Waals surface area (Å²) in [5.74, 6) is 0. The Morgan fingerprint density at radius 2 is 2.50 bits per heavy atom. The van der Waals surface area contributed by atoms with Crippen LogP contribution in [0.5, 0.6) is 0 Å². The molecule has 0 radical (unpaired) electrons. The van der Waals surface area contributed by atoms with Gasteiger partial charge in [0.15, 0.2) is 0 Å². The zero-order chi connectivity index (χ0) is 11.6. The highest BCUT2D eigenvalue weighted by Crippen LogP contribution is 2.22. The molecule has 1 fully saturated rings. The zero-order valence-corrected chi connectivity index (χ0v) is 10.5. The lowest BCUT2D eigenvalue weighted by Gasteiger charge is -2.42. The second-order valence-corrected chi connectivity index (χ2v) is 5.55. The van der Waals surface area contributed by atoms with E-state index in [0.717, 1.165) is 25.3 Å². The lowest BCUT2D eigenvalue weighted by molar-refractivity contribution is -0.150. The fourth-order valence-corrected chi connectivity index (χ4v) is 2.73. The summed E-state index contributed by atoms with van der Waals surface area (Å²) < 4.78 is 5.76. The van der Waals surface area contributed by atoms with E-state index in [4.69, 9.17) is 4.74 Å². The van der Waals surface area contributed by atoms with Crippen molar-refractivity contribution in [1.82, 2.24) is 9.88 Å². The molecule has 1 aliphatic heterocycles. The van der Waals surface area contributed by atoms with Crippen LogP contribution in [0, 0.1) is 0 Å². The van der Waals surface area contributed by atoms with Crippen molar-refractivity contribution in [3.05, 3.63) is 16.6 Å². The van der Waals surface area contributed by atoms with Crippen molar-refractivity contribution in [3.63, 3.8) is 0 Å². The molecular formula is C11H18N2O2S. The van der Waals surface area contributed by atoms with E-state index in [0.29, 0.717) is 0 Å². The summed E-state index contributed by atoms with van der Waals surface area (Å²) in [6.45, 7) is 6.69. The topological polar surface area (TPSA) is 45.6 Å². The Kier molecular flexibility index (Phi) is 3.59. The molecule has 16 heavy (non-hydrogen) atoms. The van der Waals surface area contributed by atoms with Crippen LogP contribution in [0.1, 0.15) is 19.5 Å². The number of morpholine rings is 1. The molecule has 90 valence electrons. The minimum absolute atomic E-state index is 0.0804. The van der Waals surface area contributed by atoms with Gasteiger partial charge in [-0.15, -0.1) is 11.3 Å². The van der Waals surface area contributed by atoms with Crippen molar-refractivity contribution in [3.8, 4) is 0 Å². The van der Waals surface area contributed by atoms with Gasteiger partial charge in [-0.1, -0.05) is 0 Å². The molecule has 1 saturated heterocycles. The second-order valence-electron chi connectivity index (χ2n) is 4.83. The number of hydrogen-bond acceptors (Lipinski definition) is 5. The van der Waals surface area contributed by atoms with Crippen LogP contribution in [0.3, 0.4) is 0 Å². The third kappa shape index (κ3) is 3.01. The predicted octanol–water partition coefficient (Wildman–Crippen LogP) is 1.11. The molecule has 0 aromatic carbocycles. The Bertz CT molecular complexity index is 327. The first kappa shape index (κ1) is 12.0. The molecule has 2 heterocycles. The summed E-state index contributed by atoms with van der Waals surface area (Å²) in [6, 6.07) is 0. The maximum absolute atomic E-state index is 9.20. The van der Waals surface area contributed by atoms with Crippen molar-refractivity contribution in [2.75, 3.05) is 19.7 Å². The summed E-state index contributed by atoms with van der Waals surface area (Å²) >= 11 is 1.62. The van der Waals surface area contributed by atoms with Crippen LogP contribution >= 0.6 is 11.3 Å². The van der Waals surface area contributed by atoms with E-state index in [-0.39, 0.29) is 18.3 Å². The molecule has 0 spiro atoms. The molecule has 4 nitrogen and oxygen atoms in total. The number of rotatable bonds is 3. The van der Waals surface area contributed by atoms with Gasteiger partial charge in [0.05, 0.1) is 29.5 Å². The normalized spacial score (nSPS) is 25.8. The molecule has 1 aliphatic rings. The van der Waals surface area contributed by atoms with Crippen LogP contribution in [0.15, 0.2) is 10.9 Å². The fraction of sp³-hybridized carbons (Fsp3) is 0.727. The molecule has 5 heteroatoms.